The van der Waals surface area contributed by atoms with Gasteiger partial charge in [-0.3, -0.25) is 4.79 Å². The highest BCUT2D eigenvalue weighted by Gasteiger charge is 2.11. The smallest absolute Gasteiger partial charge is 0.241 e. The minimum absolute atomic E-state index is 0.0269. The second-order valence-electron chi connectivity index (χ2n) is 5.98. The number of likely N-dealkylation sites (N-methyl/N-ethyl adjacent to an activating group) is 1. The molecule has 128 valence electrons. The standard InChI is InChI=1S/C21H22N2O2/c1-23(15-18-9-5-6-10-20(18)25-2)21(24)14-22-19-12-11-16-7-3-4-8-17(16)13-19/h3-13,22H,14-15H2,1-2H3. The molecule has 0 aromatic heterocycles. The van der Waals surface area contributed by atoms with Crippen molar-refractivity contribution in [2.75, 3.05) is 26.0 Å². The molecule has 3 aromatic rings. The van der Waals surface area contributed by atoms with E-state index in [0.717, 1.165) is 22.4 Å². The molecule has 0 atom stereocenters. The molecule has 0 heterocycles. The van der Waals surface area contributed by atoms with Crippen LogP contribution in [0.4, 0.5) is 5.69 Å². The summed E-state index contributed by atoms with van der Waals surface area (Å²) in [4.78, 5) is 14.1. The third-order valence-corrected chi connectivity index (χ3v) is 4.22. The summed E-state index contributed by atoms with van der Waals surface area (Å²) in [5.41, 5.74) is 1.93. The molecule has 3 aromatic carbocycles. The molecule has 4 nitrogen and oxygen atoms in total. The number of carbonyl (C=O) groups is 1. The van der Waals surface area contributed by atoms with E-state index in [2.05, 4.69) is 29.6 Å². The molecular weight excluding hydrogens is 312 g/mol. The zero-order chi connectivity index (χ0) is 17.6. The first kappa shape index (κ1) is 16.8. The molecular formula is C21H22N2O2. The maximum Gasteiger partial charge on any atom is 0.241 e. The van der Waals surface area contributed by atoms with Gasteiger partial charge in [0, 0.05) is 24.8 Å². The number of hydrogen-bond acceptors (Lipinski definition) is 3. The van der Waals surface area contributed by atoms with E-state index in [0.29, 0.717) is 6.54 Å². The van der Waals surface area contributed by atoms with Gasteiger partial charge in [-0.1, -0.05) is 48.5 Å². The topological polar surface area (TPSA) is 41.6 Å². The fourth-order valence-electron chi connectivity index (χ4n) is 2.79. The van der Waals surface area contributed by atoms with Crippen molar-refractivity contribution in [1.82, 2.24) is 4.90 Å². The van der Waals surface area contributed by atoms with E-state index in [-0.39, 0.29) is 12.5 Å². The van der Waals surface area contributed by atoms with Gasteiger partial charge in [-0.05, 0) is 29.0 Å². The number of nitrogens with zero attached hydrogens (tertiary/aromatic N) is 1. The molecule has 0 aliphatic carbocycles. The summed E-state index contributed by atoms with van der Waals surface area (Å²) in [7, 11) is 3.44. The van der Waals surface area contributed by atoms with Gasteiger partial charge in [0.2, 0.25) is 5.91 Å². The van der Waals surface area contributed by atoms with E-state index in [1.807, 2.05) is 42.5 Å². The van der Waals surface area contributed by atoms with Crippen molar-refractivity contribution < 1.29 is 9.53 Å². The number of ether oxygens (including phenoxy) is 1. The first-order valence-electron chi connectivity index (χ1n) is 8.26. The number of hydrogen-bond donors (Lipinski definition) is 1. The van der Waals surface area contributed by atoms with Crippen molar-refractivity contribution in [3.63, 3.8) is 0 Å². The molecule has 0 spiro atoms. The first-order valence-corrected chi connectivity index (χ1v) is 8.26. The van der Waals surface area contributed by atoms with Crippen molar-refractivity contribution >= 4 is 22.4 Å². The number of amides is 1. The Bertz CT molecular complexity index is 876. The normalized spacial score (nSPS) is 10.5. The summed E-state index contributed by atoms with van der Waals surface area (Å²) >= 11 is 0. The third kappa shape index (κ3) is 4.10. The average molecular weight is 334 g/mol. The lowest BCUT2D eigenvalue weighted by atomic mass is 10.1. The fourth-order valence-corrected chi connectivity index (χ4v) is 2.79. The van der Waals surface area contributed by atoms with Crippen LogP contribution in [0.3, 0.4) is 0 Å². The molecule has 1 amide bonds. The summed E-state index contributed by atoms with van der Waals surface area (Å²) in [6, 6.07) is 22.0. The van der Waals surface area contributed by atoms with Crippen LogP contribution in [0.2, 0.25) is 0 Å². The number of nitrogens with one attached hydrogen (secondary N) is 1. The Hall–Kier alpha value is -3.01. The highest BCUT2D eigenvalue weighted by atomic mass is 16.5. The molecule has 1 N–H and O–H groups in total. The molecule has 25 heavy (non-hydrogen) atoms. The zero-order valence-corrected chi connectivity index (χ0v) is 14.5. The molecule has 0 fully saturated rings. The van der Waals surface area contributed by atoms with Crippen molar-refractivity contribution in [2.24, 2.45) is 0 Å². The van der Waals surface area contributed by atoms with Crippen molar-refractivity contribution in [2.45, 2.75) is 6.54 Å². The van der Waals surface area contributed by atoms with Crippen LogP contribution >= 0.6 is 0 Å². The Kier molecular flexibility index (Phi) is 5.19. The molecule has 0 unspecified atom stereocenters. The minimum atomic E-state index is 0.0269. The lowest BCUT2D eigenvalue weighted by Gasteiger charge is -2.19. The van der Waals surface area contributed by atoms with Gasteiger partial charge in [-0.15, -0.1) is 0 Å². The van der Waals surface area contributed by atoms with Gasteiger partial charge in [0.25, 0.3) is 0 Å². The number of fused-ring (bicyclic) bond motifs is 1. The van der Waals surface area contributed by atoms with Crippen LogP contribution in [0.5, 0.6) is 5.75 Å². The maximum absolute atomic E-state index is 12.4. The summed E-state index contributed by atoms with van der Waals surface area (Å²) in [6.07, 6.45) is 0. The van der Waals surface area contributed by atoms with E-state index in [1.54, 1.807) is 19.1 Å². The Morgan fingerprint density at radius 1 is 1.00 bits per heavy atom. The van der Waals surface area contributed by atoms with Crippen LogP contribution < -0.4 is 10.1 Å². The Morgan fingerprint density at radius 3 is 2.52 bits per heavy atom. The molecule has 0 bridgehead atoms. The Labute approximate surface area is 148 Å². The van der Waals surface area contributed by atoms with Crippen LogP contribution in [-0.2, 0) is 11.3 Å². The number of methoxy groups -OCH3 is 1. The summed E-state index contributed by atoms with van der Waals surface area (Å²) in [5, 5.41) is 5.55. The average Bonchev–Trinajstić information content (AvgIpc) is 2.66. The van der Waals surface area contributed by atoms with Gasteiger partial charge < -0.3 is 15.0 Å². The quantitative estimate of drug-likeness (QED) is 0.743. The second-order valence-corrected chi connectivity index (χ2v) is 5.98. The molecule has 0 radical (unpaired) electrons. The minimum Gasteiger partial charge on any atom is -0.496 e. The summed E-state index contributed by atoms with van der Waals surface area (Å²) in [6.45, 7) is 0.770. The van der Waals surface area contributed by atoms with Crippen LogP contribution in [0, 0.1) is 0 Å². The van der Waals surface area contributed by atoms with E-state index in [1.165, 1.54) is 5.39 Å². The van der Waals surface area contributed by atoms with Crippen molar-refractivity contribution in [1.29, 1.82) is 0 Å². The summed E-state index contributed by atoms with van der Waals surface area (Å²) < 4.78 is 5.34. The van der Waals surface area contributed by atoms with Gasteiger partial charge >= 0.3 is 0 Å². The van der Waals surface area contributed by atoms with Crippen molar-refractivity contribution in [3.8, 4) is 5.75 Å². The van der Waals surface area contributed by atoms with Gasteiger partial charge in [0.15, 0.2) is 0 Å². The Balaban J connectivity index is 1.61. The predicted molar refractivity (Wildman–Crippen MR) is 102 cm³/mol. The second kappa shape index (κ2) is 7.71. The number of para-hydroxylation sites is 1. The van der Waals surface area contributed by atoms with Crippen LogP contribution in [0.15, 0.2) is 66.7 Å². The lowest BCUT2D eigenvalue weighted by molar-refractivity contribution is -0.128. The van der Waals surface area contributed by atoms with E-state index in [4.69, 9.17) is 4.74 Å². The summed E-state index contributed by atoms with van der Waals surface area (Å²) in [5.74, 6) is 0.823. The van der Waals surface area contributed by atoms with Crippen LogP contribution in [0.1, 0.15) is 5.56 Å². The van der Waals surface area contributed by atoms with E-state index >= 15 is 0 Å². The monoisotopic (exact) mass is 334 g/mol. The largest absolute Gasteiger partial charge is 0.496 e. The van der Waals surface area contributed by atoms with Gasteiger partial charge in [-0.2, -0.15) is 0 Å². The van der Waals surface area contributed by atoms with Crippen LogP contribution in [-0.4, -0.2) is 31.5 Å². The van der Waals surface area contributed by atoms with Crippen molar-refractivity contribution in [3.05, 3.63) is 72.3 Å². The molecule has 0 aliphatic heterocycles. The molecule has 4 heteroatoms. The van der Waals surface area contributed by atoms with E-state index < -0.39 is 0 Å². The number of carbonyl (C=O) groups excluding carboxylic acids is 1. The molecule has 0 saturated carbocycles. The number of anilines is 1. The first-order chi connectivity index (χ1) is 12.2. The highest BCUT2D eigenvalue weighted by molar-refractivity contribution is 5.87. The molecule has 0 aliphatic rings. The van der Waals surface area contributed by atoms with Gasteiger partial charge in [0.1, 0.15) is 5.75 Å². The zero-order valence-electron chi connectivity index (χ0n) is 14.5. The molecule has 0 saturated heterocycles. The Morgan fingerprint density at radius 2 is 1.72 bits per heavy atom. The maximum atomic E-state index is 12.4. The number of benzene rings is 3. The van der Waals surface area contributed by atoms with Gasteiger partial charge in [-0.25, -0.2) is 0 Å². The van der Waals surface area contributed by atoms with E-state index in [9.17, 15) is 4.79 Å². The fraction of sp³-hybridized carbons (Fsp3) is 0.190. The highest BCUT2D eigenvalue weighted by Crippen LogP contribution is 2.20. The predicted octanol–water partition coefficient (Wildman–Crippen LogP) is 3.92. The molecule has 3 rings (SSSR count). The lowest BCUT2D eigenvalue weighted by Crippen LogP contribution is -2.31. The SMILES string of the molecule is COc1ccccc1CN(C)C(=O)CNc1ccc2ccccc2c1. The van der Waals surface area contributed by atoms with Crippen LogP contribution in [0.25, 0.3) is 10.8 Å². The number of rotatable bonds is 6. The third-order valence-electron chi connectivity index (χ3n) is 4.22. The van der Waals surface area contributed by atoms with Gasteiger partial charge in [0.05, 0.1) is 13.7 Å².